The molecular formula is C9H11N3O2S2. The lowest BCUT2D eigenvalue weighted by molar-refractivity contribution is 0.577. The van der Waals surface area contributed by atoms with E-state index in [-0.39, 0.29) is 5.03 Å². The van der Waals surface area contributed by atoms with Gasteiger partial charge in [-0.1, -0.05) is 0 Å². The number of sulfonamides is 1. The molecule has 0 radical (unpaired) electrons. The Balaban J connectivity index is 2.09. The number of aryl methyl sites for hydroxylation is 1. The molecule has 5 nitrogen and oxygen atoms in total. The van der Waals surface area contributed by atoms with E-state index in [4.69, 9.17) is 0 Å². The minimum absolute atomic E-state index is 0.0849. The summed E-state index contributed by atoms with van der Waals surface area (Å²) >= 11 is 1.53. The highest BCUT2D eigenvalue weighted by molar-refractivity contribution is 7.89. The molecule has 7 heteroatoms. The summed E-state index contributed by atoms with van der Waals surface area (Å²) in [6.45, 7) is 2.27. The van der Waals surface area contributed by atoms with Crippen molar-refractivity contribution in [3.63, 3.8) is 0 Å². The summed E-state index contributed by atoms with van der Waals surface area (Å²) in [5, 5.41) is 8.06. The van der Waals surface area contributed by atoms with Crippen molar-refractivity contribution in [2.75, 3.05) is 0 Å². The van der Waals surface area contributed by atoms with Gasteiger partial charge in [-0.3, -0.25) is 5.10 Å². The quantitative estimate of drug-likeness (QED) is 0.865. The number of hydrogen-bond acceptors (Lipinski definition) is 4. The molecule has 0 aliphatic rings. The van der Waals surface area contributed by atoms with Crippen molar-refractivity contribution in [3.05, 3.63) is 34.2 Å². The minimum Gasteiger partial charge on any atom is -0.266 e. The predicted molar refractivity (Wildman–Crippen MR) is 61.7 cm³/mol. The Kier molecular flexibility index (Phi) is 3.08. The van der Waals surface area contributed by atoms with Crippen molar-refractivity contribution in [1.29, 1.82) is 0 Å². The molecule has 0 bridgehead atoms. The van der Waals surface area contributed by atoms with Crippen molar-refractivity contribution in [3.8, 4) is 0 Å². The molecule has 0 amide bonds. The van der Waals surface area contributed by atoms with E-state index >= 15 is 0 Å². The first-order chi connectivity index (χ1) is 7.59. The molecule has 0 saturated heterocycles. The van der Waals surface area contributed by atoms with E-state index in [2.05, 4.69) is 14.9 Å². The van der Waals surface area contributed by atoms with Crippen molar-refractivity contribution < 1.29 is 8.42 Å². The zero-order valence-electron chi connectivity index (χ0n) is 8.60. The number of nitrogens with one attached hydrogen (secondary N) is 2. The molecule has 0 spiro atoms. The predicted octanol–water partition coefficient (Wildman–Crippen LogP) is 1.26. The third kappa shape index (κ3) is 2.31. The Morgan fingerprint density at radius 3 is 2.88 bits per heavy atom. The van der Waals surface area contributed by atoms with Gasteiger partial charge in [0, 0.05) is 11.4 Å². The zero-order chi connectivity index (χ0) is 11.6. The molecule has 2 rings (SSSR count). The van der Waals surface area contributed by atoms with Gasteiger partial charge in [-0.2, -0.15) is 5.10 Å². The first-order valence-electron chi connectivity index (χ1n) is 4.61. The smallest absolute Gasteiger partial charge is 0.257 e. The summed E-state index contributed by atoms with van der Waals surface area (Å²) in [5.41, 5.74) is 1.09. The molecule has 0 unspecified atom stereocenters. The van der Waals surface area contributed by atoms with Gasteiger partial charge >= 0.3 is 0 Å². The van der Waals surface area contributed by atoms with Crippen LogP contribution in [0.2, 0.25) is 0 Å². The average molecular weight is 257 g/mol. The van der Waals surface area contributed by atoms with Gasteiger partial charge in [0.05, 0.1) is 6.20 Å². The minimum atomic E-state index is -3.47. The highest BCUT2D eigenvalue weighted by Crippen LogP contribution is 2.15. The van der Waals surface area contributed by atoms with Crippen LogP contribution < -0.4 is 4.72 Å². The van der Waals surface area contributed by atoms with Crippen LogP contribution in [0, 0.1) is 6.92 Å². The van der Waals surface area contributed by atoms with E-state index in [0.29, 0.717) is 6.54 Å². The number of rotatable bonds is 4. The van der Waals surface area contributed by atoms with Crippen molar-refractivity contribution in [1.82, 2.24) is 14.9 Å². The maximum absolute atomic E-state index is 11.7. The van der Waals surface area contributed by atoms with Gasteiger partial charge in [0.1, 0.15) is 0 Å². The summed E-state index contributed by atoms with van der Waals surface area (Å²) in [5.74, 6) is 0. The van der Waals surface area contributed by atoms with Gasteiger partial charge in [0.2, 0.25) is 0 Å². The molecule has 0 aliphatic heterocycles. The highest BCUT2D eigenvalue weighted by Gasteiger charge is 2.15. The van der Waals surface area contributed by atoms with Crippen LogP contribution in [0.25, 0.3) is 0 Å². The van der Waals surface area contributed by atoms with Crippen LogP contribution in [0.5, 0.6) is 0 Å². The third-order valence-electron chi connectivity index (χ3n) is 2.16. The molecule has 86 valence electrons. The molecule has 0 saturated carbocycles. The number of nitrogens with zero attached hydrogens (tertiary/aromatic N) is 1. The lowest BCUT2D eigenvalue weighted by Gasteiger charge is -2.03. The molecule has 2 aromatic heterocycles. The van der Waals surface area contributed by atoms with Crippen LogP contribution in [0.1, 0.15) is 10.4 Å². The molecule has 16 heavy (non-hydrogen) atoms. The topological polar surface area (TPSA) is 74.8 Å². The fourth-order valence-corrected chi connectivity index (χ4v) is 3.06. The second-order valence-corrected chi connectivity index (χ2v) is 6.01. The largest absolute Gasteiger partial charge is 0.266 e. The lowest BCUT2D eigenvalue weighted by Crippen LogP contribution is -2.23. The summed E-state index contributed by atoms with van der Waals surface area (Å²) in [7, 11) is -3.47. The van der Waals surface area contributed by atoms with Crippen LogP contribution >= 0.6 is 11.3 Å². The number of aromatic amines is 1. The van der Waals surface area contributed by atoms with Gasteiger partial charge in [-0.05, 0) is 30.0 Å². The van der Waals surface area contributed by atoms with Crippen LogP contribution in [0.4, 0.5) is 0 Å². The van der Waals surface area contributed by atoms with Crippen LogP contribution in [0.3, 0.4) is 0 Å². The number of aromatic nitrogens is 2. The zero-order valence-corrected chi connectivity index (χ0v) is 10.2. The Morgan fingerprint density at radius 2 is 2.31 bits per heavy atom. The molecule has 2 N–H and O–H groups in total. The molecular weight excluding hydrogens is 246 g/mol. The molecule has 2 heterocycles. The van der Waals surface area contributed by atoms with E-state index in [1.165, 1.54) is 23.6 Å². The summed E-state index contributed by atoms with van der Waals surface area (Å²) < 4.78 is 26.0. The van der Waals surface area contributed by atoms with E-state index in [1.54, 1.807) is 0 Å². The second-order valence-electron chi connectivity index (χ2n) is 3.27. The third-order valence-corrected chi connectivity index (χ3v) is 4.51. The maximum atomic E-state index is 11.7. The normalized spacial score (nSPS) is 11.8. The fourth-order valence-electron chi connectivity index (χ4n) is 1.22. The number of thiophene rings is 1. The molecule has 0 aromatic carbocycles. The van der Waals surface area contributed by atoms with Gasteiger partial charge in [-0.25, -0.2) is 13.1 Å². The van der Waals surface area contributed by atoms with E-state index in [9.17, 15) is 8.42 Å². The number of H-pyrrole nitrogens is 1. The maximum Gasteiger partial charge on any atom is 0.257 e. The summed E-state index contributed by atoms with van der Waals surface area (Å²) in [4.78, 5) is 1.02. The molecule has 2 aromatic rings. The van der Waals surface area contributed by atoms with Gasteiger partial charge in [0.15, 0.2) is 5.03 Å². The van der Waals surface area contributed by atoms with Crippen molar-refractivity contribution in [2.24, 2.45) is 0 Å². The Bertz CT molecular complexity index is 557. The van der Waals surface area contributed by atoms with E-state index in [1.807, 2.05) is 18.4 Å². The first-order valence-corrected chi connectivity index (χ1v) is 6.98. The van der Waals surface area contributed by atoms with Crippen LogP contribution in [-0.2, 0) is 16.6 Å². The number of hydrogen-bond donors (Lipinski definition) is 2. The average Bonchev–Trinajstić information content (AvgIpc) is 2.85. The van der Waals surface area contributed by atoms with Crippen LogP contribution in [-0.4, -0.2) is 18.6 Å². The summed E-state index contributed by atoms with van der Waals surface area (Å²) in [6.07, 6.45) is 1.41. The van der Waals surface area contributed by atoms with Crippen LogP contribution in [0.15, 0.2) is 28.7 Å². The Morgan fingerprint density at radius 1 is 1.50 bits per heavy atom. The first kappa shape index (κ1) is 11.3. The second kappa shape index (κ2) is 4.36. The SMILES string of the molecule is Cc1ccsc1CNS(=O)(=O)c1ccn[nH]1. The molecule has 0 atom stereocenters. The lowest BCUT2D eigenvalue weighted by atomic mass is 10.3. The van der Waals surface area contributed by atoms with Gasteiger partial charge < -0.3 is 0 Å². The standard InChI is InChI=1S/C9H11N3O2S2/c1-7-3-5-15-8(7)6-11-16(13,14)9-2-4-10-12-9/h2-5,11H,6H2,1H3,(H,10,12). The highest BCUT2D eigenvalue weighted by atomic mass is 32.2. The Hall–Kier alpha value is -1.18. The Labute approximate surface area is 97.6 Å². The van der Waals surface area contributed by atoms with Gasteiger partial charge in [0.25, 0.3) is 10.0 Å². The molecule has 0 aliphatic carbocycles. The van der Waals surface area contributed by atoms with E-state index < -0.39 is 10.0 Å². The van der Waals surface area contributed by atoms with Gasteiger partial charge in [-0.15, -0.1) is 11.3 Å². The van der Waals surface area contributed by atoms with Crippen molar-refractivity contribution in [2.45, 2.75) is 18.5 Å². The van der Waals surface area contributed by atoms with Crippen molar-refractivity contribution >= 4 is 21.4 Å². The van der Waals surface area contributed by atoms with E-state index in [0.717, 1.165) is 10.4 Å². The fraction of sp³-hybridized carbons (Fsp3) is 0.222. The monoisotopic (exact) mass is 257 g/mol. The summed E-state index contributed by atoms with van der Waals surface area (Å²) in [6, 6.07) is 3.38. The molecule has 0 fully saturated rings.